The summed E-state index contributed by atoms with van der Waals surface area (Å²) in [6.07, 6.45) is 2.58. The SMILES string of the molecule is CCCSc1nc2c(c(=O)[nH]1)C(c1ccc(O)c([N+](=O)[O-])c1)C1=C(CCCC1=O)N2. The quantitative estimate of drug-likeness (QED) is 0.285. The number of allylic oxidation sites excluding steroid dienone is 2. The van der Waals surface area contributed by atoms with E-state index in [2.05, 4.69) is 15.3 Å². The molecule has 156 valence electrons. The second-order valence-electron chi connectivity index (χ2n) is 7.21. The van der Waals surface area contributed by atoms with E-state index in [0.29, 0.717) is 47.1 Å². The maximum Gasteiger partial charge on any atom is 0.310 e. The number of nitro benzene ring substituents is 1. The van der Waals surface area contributed by atoms with Gasteiger partial charge in [-0.15, -0.1) is 0 Å². The molecule has 1 aromatic heterocycles. The summed E-state index contributed by atoms with van der Waals surface area (Å²) in [5.74, 6) is -0.197. The Kier molecular flexibility index (Phi) is 5.33. The van der Waals surface area contributed by atoms with Crippen molar-refractivity contribution in [2.24, 2.45) is 0 Å². The molecule has 1 aliphatic carbocycles. The summed E-state index contributed by atoms with van der Waals surface area (Å²) in [4.78, 5) is 43.8. The molecule has 3 N–H and O–H groups in total. The first-order valence-electron chi connectivity index (χ1n) is 9.68. The van der Waals surface area contributed by atoms with Crippen molar-refractivity contribution in [1.82, 2.24) is 9.97 Å². The van der Waals surface area contributed by atoms with Gasteiger partial charge in [-0.3, -0.25) is 19.7 Å². The molecule has 0 fully saturated rings. The Labute approximate surface area is 175 Å². The number of nitrogens with one attached hydrogen (secondary N) is 2. The molecule has 0 radical (unpaired) electrons. The minimum absolute atomic E-state index is 0.0982. The summed E-state index contributed by atoms with van der Waals surface area (Å²) in [6, 6.07) is 3.95. The Morgan fingerprint density at radius 1 is 1.33 bits per heavy atom. The Bertz CT molecular complexity index is 1140. The van der Waals surface area contributed by atoms with Crippen molar-refractivity contribution in [1.29, 1.82) is 0 Å². The number of phenolic OH excluding ortho intramolecular Hbond substituents is 1. The number of benzene rings is 1. The third kappa shape index (κ3) is 3.47. The smallest absolute Gasteiger partial charge is 0.310 e. The molecule has 1 aliphatic heterocycles. The number of Topliss-reactive ketones (excluding diaryl/α,β-unsaturated/α-hetero) is 1. The normalized spacial score (nSPS) is 17.9. The van der Waals surface area contributed by atoms with E-state index in [-0.39, 0.29) is 11.3 Å². The predicted molar refractivity (Wildman–Crippen MR) is 112 cm³/mol. The zero-order valence-corrected chi connectivity index (χ0v) is 17.0. The molecule has 1 unspecified atom stereocenters. The lowest BCUT2D eigenvalue weighted by molar-refractivity contribution is -0.385. The molecule has 0 amide bonds. The highest BCUT2D eigenvalue weighted by Gasteiger charge is 2.38. The van der Waals surface area contributed by atoms with Crippen molar-refractivity contribution in [2.45, 2.75) is 43.7 Å². The molecule has 2 heterocycles. The minimum atomic E-state index is -0.787. The Morgan fingerprint density at radius 3 is 2.87 bits per heavy atom. The van der Waals surface area contributed by atoms with E-state index in [9.17, 15) is 24.8 Å². The summed E-state index contributed by atoms with van der Waals surface area (Å²) < 4.78 is 0. The van der Waals surface area contributed by atoms with Gasteiger partial charge in [0.1, 0.15) is 5.82 Å². The van der Waals surface area contributed by atoms with Gasteiger partial charge in [0, 0.05) is 35.4 Å². The third-order valence-electron chi connectivity index (χ3n) is 5.21. The molecule has 1 atom stereocenters. The number of nitro groups is 1. The molecular weight excluding hydrogens is 408 g/mol. The van der Waals surface area contributed by atoms with Crippen LogP contribution in [0, 0.1) is 10.1 Å². The molecule has 0 bridgehead atoms. The largest absolute Gasteiger partial charge is 0.502 e. The van der Waals surface area contributed by atoms with Gasteiger partial charge in [-0.2, -0.15) is 0 Å². The first kappa shape index (κ1) is 20.1. The van der Waals surface area contributed by atoms with Crippen LogP contribution in [0.4, 0.5) is 11.5 Å². The summed E-state index contributed by atoms with van der Waals surface area (Å²) in [5, 5.41) is 24.8. The lowest BCUT2D eigenvalue weighted by Crippen LogP contribution is -2.32. The predicted octanol–water partition coefficient (Wildman–Crippen LogP) is 3.45. The van der Waals surface area contributed by atoms with Crippen LogP contribution in [0.25, 0.3) is 0 Å². The van der Waals surface area contributed by atoms with Crippen molar-refractivity contribution in [3.63, 3.8) is 0 Å². The molecule has 0 saturated heterocycles. The van der Waals surface area contributed by atoms with Crippen LogP contribution in [0.3, 0.4) is 0 Å². The number of anilines is 1. The van der Waals surface area contributed by atoms with Gasteiger partial charge in [-0.25, -0.2) is 4.98 Å². The van der Waals surface area contributed by atoms with Gasteiger partial charge in [0.25, 0.3) is 5.56 Å². The van der Waals surface area contributed by atoms with Gasteiger partial charge in [0.15, 0.2) is 16.7 Å². The van der Waals surface area contributed by atoms with Crippen LogP contribution in [0.5, 0.6) is 5.75 Å². The molecule has 0 saturated carbocycles. The van der Waals surface area contributed by atoms with Gasteiger partial charge in [-0.1, -0.05) is 24.8 Å². The molecular formula is C20H20N4O5S. The molecule has 2 aliphatic rings. The fourth-order valence-corrected chi connectivity index (χ4v) is 4.63. The third-order valence-corrected chi connectivity index (χ3v) is 6.29. The Hall–Kier alpha value is -3.14. The van der Waals surface area contributed by atoms with E-state index < -0.39 is 27.8 Å². The summed E-state index contributed by atoms with van der Waals surface area (Å²) >= 11 is 1.43. The average Bonchev–Trinajstić information content (AvgIpc) is 2.71. The van der Waals surface area contributed by atoms with Crippen molar-refractivity contribution < 1.29 is 14.8 Å². The fraction of sp³-hybridized carbons (Fsp3) is 0.350. The number of thioether (sulfide) groups is 1. The number of hydrogen-bond acceptors (Lipinski definition) is 8. The van der Waals surface area contributed by atoms with E-state index >= 15 is 0 Å². The number of fused-ring (bicyclic) bond motifs is 1. The number of aromatic hydroxyl groups is 1. The molecule has 4 rings (SSSR count). The van der Waals surface area contributed by atoms with Gasteiger partial charge in [-0.05, 0) is 30.9 Å². The molecule has 0 spiro atoms. The Morgan fingerprint density at radius 2 is 2.13 bits per heavy atom. The first-order chi connectivity index (χ1) is 14.4. The maximum atomic E-state index is 13.0. The first-order valence-corrected chi connectivity index (χ1v) is 10.7. The average molecular weight is 428 g/mol. The monoisotopic (exact) mass is 428 g/mol. The fourth-order valence-electron chi connectivity index (χ4n) is 3.91. The second kappa shape index (κ2) is 7.94. The number of H-pyrrole nitrogens is 1. The Balaban J connectivity index is 1.93. The number of aromatic nitrogens is 2. The lowest BCUT2D eigenvalue weighted by atomic mass is 9.76. The zero-order chi connectivity index (χ0) is 21.4. The van der Waals surface area contributed by atoms with Crippen LogP contribution in [0.2, 0.25) is 0 Å². The van der Waals surface area contributed by atoms with Crippen molar-refractivity contribution in [3.05, 3.63) is 61.1 Å². The standard InChI is InChI=1S/C20H20N4O5S/c1-2-8-30-20-22-18-17(19(27)23-20)15(16-11(21-18)4-3-5-14(16)26)10-6-7-13(25)12(9-10)24(28)29/h6-7,9,15,25H,2-5,8H2,1H3,(H2,21,22,23,27). The zero-order valence-electron chi connectivity index (χ0n) is 16.2. The number of hydrogen-bond donors (Lipinski definition) is 3. The summed E-state index contributed by atoms with van der Waals surface area (Å²) in [7, 11) is 0. The highest BCUT2D eigenvalue weighted by atomic mass is 32.2. The highest BCUT2D eigenvalue weighted by Crippen LogP contribution is 2.44. The molecule has 1 aromatic carbocycles. The number of aromatic amines is 1. The molecule has 10 heteroatoms. The highest BCUT2D eigenvalue weighted by molar-refractivity contribution is 7.99. The minimum Gasteiger partial charge on any atom is -0.502 e. The van der Waals surface area contributed by atoms with Crippen LogP contribution >= 0.6 is 11.8 Å². The van der Waals surface area contributed by atoms with Crippen LogP contribution in [0.15, 0.2) is 39.4 Å². The van der Waals surface area contributed by atoms with E-state index in [0.717, 1.165) is 12.2 Å². The van der Waals surface area contributed by atoms with E-state index in [1.165, 1.54) is 30.0 Å². The summed E-state index contributed by atoms with van der Waals surface area (Å²) in [5.41, 5.74) is 0.921. The van der Waals surface area contributed by atoms with E-state index in [4.69, 9.17) is 0 Å². The summed E-state index contributed by atoms with van der Waals surface area (Å²) in [6.45, 7) is 2.03. The van der Waals surface area contributed by atoms with Crippen LogP contribution in [0.1, 0.15) is 49.7 Å². The number of carbonyl (C=O) groups excluding carboxylic acids is 1. The lowest BCUT2D eigenvalue weighted by Gasteiger charge is -2.32. The van der Waals surface area contributed by atoms with Gasteiger partial charge in [0.05, 0.1) is 10.5 Å². The molecule has 9 nitrogen and oxygen atoms in total. The van der Waals surface area contributed by atoms with Crippen molar-refractivity contribution >= 4 is 29.1 Å². The van der Waals surface area contributed by atoms with Crippen LogP contribution in [-0.2, 0) is 4.79 Å². The van der Waals surface area contributed by atoms with Crippen molar-refractivity contribution in [3.8, 4) is 5.75 Å². The second-order valence-corrected chi connectivity index (χ2v) is 8.30. The van der Waals surface area contributed by atoms with Gasteiger partial charge < -0.3 is 15.4 Å². The van der Waals surface area contributed by atoms with Crippen LogP contribution < -0.4 is 10.9 Å². The van der Waals surface area contributed by atoms with Crippen LogP contribution in [-0.4, -0.2) is 31.5 Å². The van der Waals surface area contributed by atoms with E-state index in [1.807, 2.05) is 6.92 Å². The topological polar surface area (TPSA) is 138 Å². The number of carbonyl (C=O) groups is 1. The maximum absolute atomic E-state index is 13.0. The number of nitrogens with zero attached hydrogens (tertiary/aromatic N) is 2. The molecule has 2 aromatic rings. The van der Waals surface area contributed by atoms with Crippen molar-refractivity contribution in [2.75, 3.05) is 11.1 Å². The number of ketones is 1. The molecule has 30 heavy (non-hydrogen) atoms. The number of rotatable bonds is 5. The number of phenols is 1. The van der Waals surface area contributed by atoms with Gasteiger partial charge >= 0.3 is 5.69 Å². The van der Waals surface area contributed by atoms with E-state index in [1.54, 1.807) is 0 Å². The van der Waals surface area contributed by atoms with Gasteiger partial charge in [0.2, 0.25) is 0 Å².